The maximum atomic E-state index is 13.9. The van der Waals surface area contributed by atoms with Crippen LogP contribution in [0.4, 0.5) is 4.39 Å². The highest BCUT2D eigenvalue weighted by Crippen LogP contribution is 2.16. The van der Waals surface area contributed by atoms with Gasteiger partial charge >= 0.3 is 0 Å². The Balaban J connectivity index is 1.78. The molecule has 0 aliphatic rings. The van der Waals surface area contributed by atoms with Gasteiger partial charge in [0.25, 0.3) is 5.56 Å². The Bertz CT molecular complexity index is 986. The molecule has 0 bridgehead atoms. The first kappa shape index (κ1) is 17.1. The average molecular weight is 360 g/mol. The summed E-state index contributed by atoms with van der Waals surface area (Å²) in [5.74, 6) is -1.03. The van der Waals surface area contributed by atoms with Crippen LogP contribution in [0, 0.1) is 5.82 Å². The second-order valence-electron chi connectivity index (χ2n) is 5.65. The van der Waals surface area contributed by atoms with Crippen molar-refractivity contribution in [2.45, 2.75) is 19.5 Å². The summed E-state index contributed by atoms with van der Waals surface area (Å²) in [5, 5.41) is 3.28. The Labute approximate surface area is 148 Å². The van der Waals surface area contributed by atoms with Gasteiger partial charge in [-0.2, -0.15) is 0 Å². The third kappa shape index (κ3) is 3.69. The number of halogens is 2. The Morgan fingerprint density at radius 1 is 1.28 bits per heavy atom. The van der Waals surface area contributed by atoms with E-state index >= 15 is 0 Å². The van der Waals surface area contributed by atoms with Gasteiger partial charge in [-0.25, -0.2) is 9.37 Å². The lowest BCUT2D eigenvalue weighted by molar-refractivity contribution is -0.122. The minimum atomic E-state index is -0.653. The molecule has 25 heavy (non-hydrogen) atoms. The van der Waals surface area contributed by atoms with E-state index in [-0.39, 0.29) is 29.4 Å². The Morgan fingerprint density at radius 2 is 2.00 bits per heavy atom. The molecule has 0 saturated heterocycles. The van der Waals surface area contributed by atoms with Crippen LogP contribution in [0.2, 0.25) is 5.02 Å². The molecule has 1 aromatic heterocycles. The van der Waals surface area contributed by atoms with Crippen molar-refractivity contribution in [3.8, 4) is 0 Å². The second kappa shape index (κ2) is 7.03. The van der Waals surface area contributed by atoms with E-state index < -0.39 is 11.4 Å². The van der Waals surface area contributed by atoms with Gasteiger partial charge in [0.1, 0.15) is 17.7 Å². The number of nitrogens with zero attached hydrogens (tertiary/aromatic N) is 2. The van der Waals surface area contributed by atoms with Crippen LogP contribution in [0.25, 0.3) is 10.9 Å². The lowest BCUT2D eigenvalue weighted by Crippen LogP contribution is -2.34. The van der Waals surface area contributed by atoms with Crippen molar-refractivity contribution in [2.75, 3.05) is 0 Å². The monoisotopic (exact) mass is 359 g/mol. The number of fused-ring (bicyclic) bond motifs is 1. The molecule has 2 aromatic carbocycles. The number of rotatable bonds is 4. The zero-order chi connectivity index (χ0) is 18.0. The Morgan fingerprint density at radius 3 is 2.72 bits per heavy atom. The molecule has 128 valence electrons. The second-order valence-corrected chi connectivity index (χ2v) is 6.09. The lowest BCUT2D eigenvalue weighted by Gasteiger charge is -2.15. The van der Waals surface area contributed by atoms with Crippen LogP contribution in [0.3, 0.4) is 0 Å². The number of hydrogen-bond donors (Lipinski definition) is 1. The van der Waals surface area contributed by atoms with E-state index in [1.165, 1.54) is 18.5 Å². The molecule has 0 aliphatic heterocycles. The van der Waals surface area contributed by atoms with Gasteiger partial charge in [0.15, 0.2) is 0 Å². The summed E-state index contributed by atoms with van der Waals surface area (Å²) in [6.07, 6.45) is 1.25. The minimum absolute atomic E-state index is 0.122. The SMILES string of the molecule is C[C@H](NC(=O)Cn1cnc2cccc(F)c2c1=O)c1ccc(Cl)cc1. The molecule has 3 rings (SSSR count). The molecule has 0 fully saturated rings. The zero-order valence-corrected chi connectivity index (χ0v) is 14.1. The van der Waals surface area contributed by atoms with Crippen molar-refractivity contribution in [3.05, 3.63) is 75.5 Å². The summed E-state index contributed by atoms with van der Waals surface area (Å²) in [7, 11) is 0. The first-order valence-corrected chi connectivity index (χ1v) is 8.02. The van der Waals surface area contributed by atoms with Gasteiger partial charge in [0.2, 0.25) is 5.91 Å². The van der Waals surface area contributed by atoms with Crippen LogP contribution in [0.5, 0.6) is 0 Å². The normalized spacial score (nSPS) is 12.1. The van der Waals surface area contributed by atoms with Gasteiger partial charge in [-0.3, -0.25) is 14.2 Å². The molecular weight excluding hydrogens is 345 g/mol. The molecule has 0 radical (unpaired) electrons. The van der Waals surface area contributed by atoms with Crippen LogP contribution in [0.15, 0.2) is 53.6 Å². The van der Waals surface area contributed by atoms with E-state index in [2.05, 4.69) is 10.3 Å². The summed E-state index contributed by atoms with van der Waals surface area (Å²) in [6, 6.07) is 11.1. The molecule has 3 aromatic rings. The van der Waals surface area contributed by atoms with Crippen molar-refractivity contribution in [2.24, 2.45) is 0 Å². The molecule has 0 spiro atoms. The number of benzene rings is 2. The summed E-state index contributed by atoms with van der Waals surface area (Å²) in [6.45, 7) is 1.58. The van der Waals surface area contributed by atoms with Crippen LogP contribution >= 0.6 is 11.6 Å². The number of aromatic nitrogens is 2. The van der Waals surface area contributed by atoms with E-state index in [0.717, 1.165) is 10.1 Å². The fourth-order valence-electron chi connectivity index (χ4n) is 2.55. The molecule has 0 aliphatic carbocycles. The topological polar surface area (TPSA) is 64.0 Å². The average Bonchev–Trinajstić information content (AvgIpc) is 2.58. The van der Waals surface area contributed by atoms with Crippen molar-refractivity contribution in [1.82, 2.24) is 14.9 Å². The number of carbonyl (C=O) groups excluding carboxylic acids is 1. The number of nitrogens with one attached hydrogen (secondary N) is 1. The van der Waals surface area contributed by atoms with Crippen molar-refractivity contribution < 1.29 is 9.18 Å². The molecule has 0 saturated carbocycles. The third-order valence-electron chi connectivity index (χ3n) is 3.86. The molecule has 1 atom stereocenters. The van der Waals surface area contributed by atoms with Gasteiger partial charge in [-0.05, 0) is 36.8 Å². The number of hydrogen-bond acceptors (Lipinski definition) is 3. The van der Waals surface area contributed by atoms with Gasteiger partial charge < -0.3 is 5.32 Å². The molecule has 1 amide bonds. The van der Waals surface area contributed by atoms with Crippen molar-refractivity contribution >= 4 is 28.4 Å². The number of carbonyl (C=O) groups is 1. The predicted octanol–water partition coefficient (Wildman–Crippen LogP) is 3.07. The zero-order valence-electron chi connectivity index (χ0n) is 13.4. The largest absolute Gasteiger partial charge is 0.348 e. The highest BCUT2D eigenvalue weighted by Gasteiger charge is 2.13. The van der Waals surface area contributed by atoms with Gasteiger partial charge in [0.05, 0.1) is 17.9 Å². The Hall–Kier alpha value is -2.73. The van der Waals surface area contributed by atoms with E-state index in [0.29, 0.717) is 5.02 Å². The molecule has 1 heterocycles. The first-order valence-electron chi connectivity index (χ1n) is 7.64. The molecule has 7 heteroatoms. The van der Waals surface area contributed by atoms with Crippen molar-refractivity contribution in [1.29, 1.82) is 0 Å². The summed E-state index contributed by atoms with van der Waals surface area (Å²) in [5.41, 5.74) is 0.557. The quantitative estimate of drug-likeness (QED) is 0.778. The lowest BCUT2D eigenvalue weighted by atomic mass is 10.1. The van der Waals surface area contributed by atoms with E-state index in [1.54, 1.807) is 18.2 Å². The van der Waals surface area contributed by atoms with Gasteiger partial charge in [0, 0.05) is 5.02 Å². The van der Waals surface area contributed by atoms with Crippen LogP contribution in [-0.4, -0.2) is 15.5 Å². The summed E-state index contributed by atoms with van der Waals surface area (Å²) in [4.78, 5) is 28.6. The maximum absolute atomic E-state index is 13.9. The Kier molecular flexibility index (Phi) is 4.81. The standard InChI is InChI=1S/C18H15ClFN3O2/c1-11(12-5-7-13(19)8-6-12)22-16(24)9-23-10-21-15-4-2-3-14(20)17(15)18(23)25/h2-8,10-11H,9H2,1H3,(H,22,24)/t11-/m0/s1. The van der Waals surface area contributed by atoms with Crippen LogP contribution < -0.4 is 10.9 Å². The van der Waals surface area contributed by atoms with Gasteiger partial charge in [-0.1, -0.05) is 29.8 Å². The maximum Gasteiger partial charge on any atom is 0.264 e. The molecule has 5 nitrogen and oxygen atoms in total. The molecule has 1 N–H and O–H groups in total. The first-order chi connectivity index (χ1) is 12.0. The fourth-order valence-corrected chi connectivity index (χ4v) is 2.68. The third-order valence-corrected chi connectivity index (χ3v) is 4.12. The fraction of sp³-hybridized carbons (Fsp3) is 0.167. The van der Waals surface area contributed by atoms with E-state index in [1.807, 2.05) is 19.1 Å². The predicted molar refractivity (Wildman–Crippen MR) is 94.0 cm³/mol. The van der Waals surface area contributed by atoms with E-state index in [9.17, 15) is 14.0 Å². The van der Waals surface area contributed by atoms with Crippen molar-refractivity contribution in [3.63, 3.8) is 0 Å². The van der Waals surface area contributed by atoms with E-state index in [4.69, 9.17) is 11.6 Å². The van der Waals surface area contributed by atoms with Crippen LogP contribution in [0.1, 0.15) is 18.5 Å². The smallest absolute Gasteiger partial charge is 0.264 e. The number of amides is 1. The van der Waals surface area contributed by atoms with Crippen LogP contribution in [-0.2, 0) is 11.3 Å². The van der Waals surface area contributed by atoms with Gasteiger partial charge in [-0.15, -0.1) is 0 Å². The molecular formula is C18H15ClFN3O2. The highest BCUT2D eigenvalue weighted by atomic mass is 35.5. The molecule has 0 unspecified atom stereocenters. The highest BCUT2D eigenvalue weighted by molar-refractivity contribution is 6.30. The minimum Gasteiger partial charge on any atom is -0.348 e. The summed E-state index contributed by atoms with van der Waals surface area (Å²) < 4.78 is 15.0. The summed E-state index contributed by atoms with van der Waals surface area (Å²) >= 11 is 5.84.